The van der Waals surface area contributed by atoms with Crippen molar-refractivity contribution in [2.45, 2.75) is 66.7 Å². The first-order valence-corrected chi connectivity index (χ1v) is 6.51. The van der Waals surface area contributed by atoms with Crippen LogP contribution in [-0.2, 0) is 4.79 Å². The third kappa shape index (κ3) is 1.66. The molecule has 1 amide bonds. The van der Waals surface area contributed by atoms with Gasteiger partial charge in [0.1, 0.15) is 0 Å². The Morgan fingerprint density at radius 1 is 1.12 bits per heavy atom. The summed E-state index contributed by atoms with van der Waals surface area (Å²) in [5.41, 5.74) is 5.54. The van der Waals surface area contributed by atoms with Gasteiger partial charge in [0.2, 0.25) is 5.91 Å². The van der Waals surface area contributed by atoms with Gasteiger partial charge in [0.15, 0.2) is 0 Å². The molecule has 0 aliphatic heterocycles. The second-order valence-corrected chi connectivity index (χ2v) is 6.64. The van der Waals surface area contributed by atoms with Gasteiger partial charge in [0, 0.05) is 0 Å². The van der Waals surface area contributed by atoms with E-state index in [1.807, 2.05) is 0 Å². The number of unbranched alkanes of at least 4 members (excludes halogenated alkanes) is 1. The van der Waals surface area contributed by atoms with Crippen LogP contribution in [0.25, 0.3) is 0 Å². The summed E-state index contributed by atoms with van der Waals surface area (Å²) in [5, 5.41) is 0. The molecule has 0 aromatic rings. The zero-order valence-electron chi connectivity index (χ0n) is 11.5. The van der Waals surface area contributed by atoms with Crippen LogP contribution in [0.5, 0.6) is 0 Å². The van der Waals surface area contributed by atoms with Gasteiger partial charge in [-0.2, -0.15) is 0 Å². The first-order chi connectivity index (χ1) is 7.21. The monoisotopic (exact) mass is 225 g/mol. The fourth-order valence-corrected chi connectivity index (χ4v) is 3.88. The molecule has 0 unspecified atom stereocenters. The summed E-state index contributed by atoms with van der Waals surface area (Å²) >= 11 is 0. The summed E-state index contributed by atoms with van der Waals surface area (Å²) in [5.74, 6) is -0.0894. The van der Waals surface area contributed by atoms with Gasteiger partial charge >= 0.3 is 0 Å². The van der Waals surface area contributed by atoms with E-state index in [4.69, 9.17) is 5.73 Å². The second kappa shape index (κ2) is 4.05. The molecule has 0 atom stereocenters. The Morgan fingerprint density at radius 3 is 1.88 bits per heavy atom. The van der Waals surface area contributed by atoms with Crippen molar-refractivity contribution >= 4 is 5.91 Å². The van der Waals surface area contributed by atoms with E-state index in [-0.39, 0.29) is 22.2 Å². The van der Waals surface area contributed by atoms with Crippen LogP contribution in [0.4, 0.5) is 0 Å². The Morgan fingerprint density at radius 2 is 1.56 bits per heavy atom. The molecule has 0 spiro atoms. The molecule has 1 aliphatic carbocycles. The topological polar surface area (TPSA) is 43.1 Å². The Balaban J connectivity index is 3.18. The molecular weight excluding hydrogens is 198 g/mol. The number of carbonyl (C=O) groups is 1. The molecule has 1 aliphatic rings. The Hall–Kier alpha value is -0.530. The van der Waals surface area contributed by atoms with Crippen LogP contribution in [0.1, 0.15) is 66.7 Å². The van der Waals surface area contributed by atoms with Crippen molar-refractivity contribution < 1.29 is 4.79 Å². The first-order valence-electron chi connectivity index (χ1n) is 6.51. The van der Waals surface area contributed by atoms with E-state index >= 15 is 0 Å². The van der Waals surface area contributed by atoms with E-state index in [0.29, 0.717) is 0 Å². The lowest BCUT2D eigenvalue weighted by atomic mass is 9.56. The summed E-state index contributed by atoms with van der Waals surface area (Å²) in [4.78, 5) is 12.1. The minimum atomic E-state index is -0.323. The largest absolute Gasteiger partial charge is 0.369 e. The van der Waals surface area contributed by atoms with E-state index in [1.54, 1.807) is 0 Å². The van der Waals surface area contributed by atoms with Crippen LogP contribution >= 0.6 is 0 Å². The fraction of sp³-hybridized carbons (Fsp3) is 0.929. The van der Waals surface area contributed by atoms with Crippen molar-refractivity contribution in [1.29, 1.82) is 0 Å². The summed E-state index contributed by atoms with van der Waals surface area (Å²) in [6.07, 6.45) is 5.37. The van der Waals surface area contributed by atoms with E-state index in [9.17, 15) is 4.79 Å². The van der Waals surface area contributed by atoms with Crippen LogP contribution in [0.3, 0.4) is 0 Å². The summed E-state index contributed by atoms with van der Waals surface area (Å²) < 4.78 is 0. The molecule has 2 heteroatoms. The van der Waals surface area contributed by atoms with Gasteiger partial charge in [-0.25, -0.2) is 0 Å². The second-order valence-electron chi connectivity index (χ2n) is 6.64. The van der Waals surface area contributed by atoms with Gasteiger partial charge in [-0.3, -0.25) is 4.79 Å². The zero-order chi connectivity index (χ0) is 12.6. The lowest BCUT2D eigenvalue weighted by Crippen LogP contribution is -2.52. The number of rotatable bonds is 4. The minimum absolute atomic E-state index is 0.0392. The zero-order valence-corrected chi connectivity index (χ0v) is 11.5. The van der Waals surface area contributed by atoms with Gasteiger partial charge in [-0.05, 0) is 30.1 Å². The van der Waals surface area contributed by atoms with Gasteiger partial charge in [0.05, 0.1) is 5.41 Å². The summed E-state index contributed by atoms with van der Waals surface area (Å²) in [6, 6.07) is 0. The van der Waals surface area contributed by atoms with Gasteiger partial charge < -0.3 is 5.73 Å². The SMILES string of the molecule is CCCCC1(C(N)=O)C(C)(C)CCC1(C)C. The first kappa shape index (κ1) is 13.5. The number of primary amides is 1. The van der Waals surface area contributed by atoms with Gasteiger partial charge in [0.25, 0.3) is 0 Å². The lowest BCUT2D eigenvalue weighted by molar-refractivity contribution is -0.141. The molecule has 94 valence electrons. The summed E-state index contributed by atoms with van der Waals surface area (Å²) in [6.45, 7) is 11.0. The van der Waals surface area contributed by atoms with E-state index in [2.05, 4.69) is 34.6 Å². The normalized spacial score (nSPS) is 25.6. The lowest BCUT2D eigenvalue weighted by Gasteiger charge is -2.47. The van der Waals surface area contributed by atoms with E-state index in [1.165, 1.54) is 0 Å². The van der Waals surface area contributed by atoms with Crippen molar-refractivity contribution in [3.8, 4) is 0 Å². The molecule has 1 fully saturated rings. The maximum Gasteiger partial charge on any atom is 0.224 e. The number of carbonyl (C=O) groups excluding carboxylic acids is 1. The minimum Gasteiger partial charge on any atom is -0.369 e. The van der Waals surface area contributed by atoms with E-state index < -0.39 is 0 Å². The molecule has 1 saturated carbocycles. The summed E-state index contributed by atoms with van der Waals surface area (Å²) in [7, 11) is 0. The van der Waals surface area contributed by atoms with Crippen LogP contribution in [-0.4, -0.2) is 5.91 Å². The predicted molar refractivity (Wildman–Crippen MR) is 67.9 cm³/mol. The van der Waals surface area contributed by atoms with Crippen LogP contribution in [0, 0.1) is 16.2 Å². The molecule has 0 aromatic heterocycles. The van der Waals surface area contributed by atoms with Gasteiger partial charge in [-0.15, -0.1) is 0 Å². The molecule has 0 saturated heterocycles. The van der Waals surface area contributed by atoms with Crippen molar-refractivity contribution in [3.63, 3.8) is 0 Å². The number of nitrogens with two attached hydrogens (primary N) is 1. The van der Waals surface area contributed by atoms with Crippen molar-refractivity contribution in [1.82, 2.24) is 0 Å². The molecule has 0 radical (unpaired) electrons. The van der Waals surface area contributed by atoms with Crippen molar-refractivity contribution in [2.24, 2.45) is 22.0 Å². The smallest absolute Gasteiger partial charge is 0.224 e. The Labute approximate surface area is 100.0 Å². The third-order valence-electron chi connectivity index (χ3n) is 5.01. The average Bonchev–Trinajstić information content (AvgIpc) is 2.32. The highest BCUT2D eigenvalue weighted by molar-refractivity contribution is 5.83. The van der Waals surface area contributed by atoms with Crippen molar-refractivity contribution in [3.05, 3.63) is 0 Å². The van der Waals surface area contributed by atoms with Gasteiger partial charge in [-0.1, -0.05) is 47.5 Å². The van der Waals surface area contributed by atoms with Crippen LogP contribution < -0.4 is 5.73 Å². The standard InChI is InChI=1S/C14H27NO/c1-6-7-8-14(11(15)16)12(2,3)9-10-13(14,4)5/h6-10H2,1-5H3,(H2,15,16). The fourth-order valence-electron chi connectivity index (χ4n) is 3.88. The molecule has 2 N–H and O–H groups in total. The molecule has 0 heterocycles. The highest BCUT2D eigenvalue weighted by Gasteiger charge is 2.62. The van der Waals surface area contributed by atoms with E-state index in [0.717, 1.165) is 32.1 Å². The molecule has 0 bridgehead atoms. The molecular formula is C14H27NO. The molecule has 2 nitrogen and oxygen atoms in total. The quantitative estimate of drug-likeness (QED) is 0.782. The number of hydrogen-bond acceptors (Lipinski definition) is 1. The highest BCUT2D eigenvalue weighted by Crippen LogP contribution is 2.64. The molecule has 16 heavy (non-hydrogen) atoms. The molecule has 1 rings (SSSR count). The highest BCUT2D eigenvalue weighted by atomic mass is 16.1. The Kier molecular flexibility index (Phi) is 3.42. The number of hydrogen-bond donors (Lipinski definition) is 1. The predicted octanol–water partition coefficient (Wildman–Crippen LogP) is 3.49. The Bertz CT molecular complexity index is 262. The van der Waals surface area contributed by atoms with Crippen molar-refractivity contribution in [2.75, 3.05) is 0 Å². The average molecular weight is 225 g/mol. The maximum absolute atomic E-state index is 12.1. The van der Waals surface area contributed by atoms with Crippen LogP contribution in [0.2, 0.25) is 0 Å². The maximum atomic E-state index is 12.1. The molecule has 0 aromatic carbocycles. The number of amides is 1. The van der Waals surface area contributed by atoms with Crippen LogP contribution in [0.15, 0.2) is 0 Å². The third-order valence-corrected chi connectivity index (χ3v) is 5.01.